The summed E-state index contributed by atoms with van der Waals surface area (Å²) in [6, 6.07) is 26.2. The molecule has 0 saturated heterocycles. The van der Waals surface area contributed by atoms with Gasteiger partial charge in [0, 0.05) is 6.54 Å². The van der Waals surface area contributed by atoms with E-state index >= 15 is 0 Å². The molecule has 0 unspecified atom stereocenters. The van der Waals surface area contributed by atoms with Crippen LogP contribution in [-0.4, -0.2) is 14.7 Å². The topological polar surface area (TPSA) is 38.0 Å². The van der Waals surface area contributed by atoms with E-state index in [1.807, 2.05) is 48.5 Å². The summed E-state index contributed by atoms with van der Waals surface area (Å²) in [5.41, 5.74) is 5.22. The number of hydrogen-bond donors (Lipinski definition) is 1. The van der Waals surface area contributed by atoms with Gasteiger partial charge in [0.15, 0.2) is 0 Å². The Morgan fingerprint density at radius 2 is 1.56 bits per heavy atom. The summed E-state index contributed by atoms with van der Waals surface area (Å²) in [7, 11) is 0. The van der Waals surface area contributed by atoms with Gasteiger partial charge in [-0.05, 0) is 30.2 Å². The zero-order chi connectivity index (χ0) is 17.2. The SMILES string of the molecule is Cc1ccc(Cn2c([C@H](O)c3ccccc3)nc3ccccc32)cc1. The van der Waals surface area contributed by atoms with Crippen LogP contribution in [0, 0.1) is 6.92 Å². The third-order valence-corrected chi connectivity index (χ3v) is 4.51. The largest absolute Gasteiger partial charge is 0.380 e. The lowest BCUT2D eigenvalue weighted by Crippen LogP contribution is -2.11. The van der Waals surface area contributed by atoms with Gasteiger partial charge in [-0.3, -0.25) is 0 Å². The van der Waals surface area contributed by atoms with Gasteiger partial charge in [-0.25, -0.2) is 4.98 Å². The van der Waals surface area contributed by atoms with Crippen molar-refractivity contribution in [2.24, 2.45) is 0 Å². The maximum atomic E-state index is 10.9. The summed E-state index contributed by atoms with van der Waals surface area (Å²) in [6.45, 7) is 2.76. The molecule has 0 bridgehead atoms. The number of para-hydroxylation sites is 2. The third-order valence-electron chi connectivity index (χ3n) is 4.51. The van der Waals surface area contributed by atoms with Crippen molar-refractivity contribution in [2.45, 2.75) is 19.6 Å². The molecule has 0 amide bonds. The van der Waals surface area contributed by atoms with Crippen LogP contribution < -0.4 is 0 Å². The van der Waals surface area contributed by atoms with Crippen molar-refractivity contribution in [1.82, 2.24) is 9.55 Å². The number of benzene rings is 3. The minimum absolute atomic E-state index is 0.674. The average Bonchev–Trinajstić information content (AvgIpc) is 3.02. The molecule has 0 aliphatic heterocycles. The molecule has 0 saturated carbocycles. The van der Waals surface area contributed by atoms with E-state index in [4.69, 9.17) is 4.98 Å². The predicted molar refractivity (Wildman–Crippen MR) is 101 cm³/mol. The Kier molecular flexibility index (Phi) is 4.08. The summed E-state index contributed by atoms with van der Waals surface area (Å²) < 4.78 is 2.11. The molecule has 25 heavy (non-hydrogen) atoms. The molecule has 4 rings (SSSR count). The van der Waals surface area contributed by atoms with Crippen molar-refractivity contribution in [1.29, 1.82) is 0 Å². The van der Waals surface area contributed by atoms with E-state index in [9.17, 15) is 5.11 Å². The standard InChI is InChI=1S/C22H20N2O/c1-16-11-13-17(14-12-16)15-24-20-10-6-5-9-19(20)23-22(24)21(25)18-7-3-2-4-8-18/h2-14,21,25H,15H2,1H3/t21-/m1/s1. The Hall–Kier alpha value is -2.91. The smallest absolute Gasteiger partial charge is 0.143 e. The minimum atomic E-state index is -0.751. The van der Waals surface area contributed by atoms with Gasteiger partial charge in [-0.1, -0.05) is 72.3 Å². The summed E-state index contributed by atoms with van der Waals surface area (Å²) in [5, 5.41) is 10.9. The van der Waals surface area contributed by atoms with E-state index in [1.165, 1.54) is 11.1 Å². The number of hydrogen-bond acceptors (Lipinski definition) is 2. The van der Waals surface area contributed by atoms with Gasteiger partial charge in [0.05, 0.1) is 11.0 Å². The van der Waals surface area contributed by atoms with Crippen LogP contribution in [0.25, 0.3) is 11.0 Å². The first kappa shape index (κ1) is 15.6. The van der Waals surface area contributed by atoms with E-state index < -0.39 is 6.10 Å². The lowest BCUT2D eigenvalue weighted by atomic mass is 10.1. The number of aryl methyl sites for hydroxylation is 1. The molecule has 0 fully saturated rings. The van der Waals surface area contributed by atoms with Crippen molar-refractivity contribution < 1.29 is 5.11 Å². The second kappa shape index (κ2) is 6.54. The molecule has 0 aliphatic carbocycles. The molecule has 1 aromatic heterocycles. The number of nitrogens with zero attached hydrogens (tertiary/aromatic N) is 2. The molecular formula is C22H20N2O. The first-order chi connectivity index (χ1) is 12.2. The fraction of sp³-hybridized carbons (Fsp3) is 0.136. The summed E-state index contributed by atoms with van der Waals surface area (Å²) >= 11 is 0. The van der Waals surface area contributed by atoms with Crippen molar-refractivity contribution in [3.63, 3.8) is 0 Å². The van der Waals surface area contributed by atoms with Crippen LogP contribution in [0.2, 0.25) is 0 Å². The summed E-state index contributed by atoms with van der Waals surface area (Å²) in [6.07, 6.45) is -0.751. The fourth-order valence-electron chi connectivity index (χ4n) is 3.13. The van der Waals surface area contributed by atoms with Gasteiger partial charge in [-0.15, -0.1) is 0 Å². The van der Waals surface area contributed by atoms with Crippen LogP contribution in [-0.2, 0) is 6.54 Å². The Bertz CT molecular complexity index is 988. The Balaban J connectivity index is 1.82. The molecule has 3 heteroatoms. The third kappa shape index (κ3) is 3.06. The molecule has 0 radical (unpaired) electrons. The predicted octanol–water partition coefficient (Wildman–Crippen LogP) is 4.47. The lowest BCUT2D eigenvalue weighted by molar-refractivity contribution is 0.206. The summed E-state index contributed by atoms with van der Waals surface area (Å²) in [4.78, 5) is 4.72. The van der Waals surface area contributed by atoms with E-state index in [1.54, 1.807) is 0 Å². The molecule has 3 aromatic carbocycles. The maximum absolute atomic E-state index is 10.9. The Morgan fingerprint density at radius 1 is 0.880 bits per heavy atom. The monoisotopic (exact) mass is 328 g/mol. The van der Waals surface area contributed by atoms with Gasteiger partial charge in [0.25, 0.3) is 0 Å². The molecule has 0 spiro atoms. The second-order valence-electron chi connectivity index (χ2n) is 6.34. The molecule has 3 nitrogen and oxygen atoms in total. The minimum Gasteiger partial charge on any atom is -0.380 e. The number of fused-ring (bicyclic) bond motifs is 1. The normalized spacial score (nSPS) is 12.4. The van der Waals surface area contributed by atoms with Gasteiger partial charge in [-0.2, -0.15) is 0 Å². The Morgan fingerprint density at radius 3 is 2.32 bits per heavy atom. The number of rotatable bonds is 4. The second-order valence-corrected chi connectivity index (χ2v) is 6.34. The fourth-order valence-corrected chi connectivity index (χ4v) is 3.13. The molecular weight excluding hydrogens is 308 g/mol. The van der Waals surface area contributed by atoms with Crippen LogP contribution in [0.15, 0.2) is 78.9 Å². The van der Waals surface area contributed by atoms with E-state index in [2.05, 4.69) is 41.8 Å². The van der Waals surface area contributed by atoms with Crippen molar-refractivity contribution in [2.75, 3.05) is 0 Å². The van der Waals surface area contributed by atoms with Crippen LogP contribution in [0.4, 0.5) is 0 Å². The molecule has 1 N–H and O–H groups in total. The van der Waals surface area contributed by atoms with Crippen molar-refractivity contribution in [3.8, 4) is 0 Å². The van der Waals surface area contributed by atoms with Crippen LogP contribution in [0.1, 0.15) is 28.6 Å². The highest BCUT2D eigenvalue weighted by Gasteiger charge is 2.19. The first-order valence-electron chi connectivity index (χ1n) is 8.46. The van der Waals surface area contributed by atoms with Crippen molar-refractivity contribution >= 4 is 11.0 Å². The van der Waals surface area contributed by atoms with Gasteiger partial charge in [0.1, 0.15) is 11.9 Å². The number of imidazole rings is 1. The number of aliphatic hydroxyl groups excluding tert-OH is 1. The number of aliphatic hydroxyl groups is 1. The van der Waals surface area contributed by atoms with Gasteiger partial charge < -0.3 is 9.67 Å². The first-order valence-corrected chi connectivity index (χ1v) is 8.46. The maximum Gasteiger partial charge on any atom is 0.143 e. The van der Waals surface area contributed by atoms with Crippen LogP contribution in [0.5, 0.6) is 0 Å². The van der Waals surface area contributed by atoms with Gasteiger partial charge in [0.2, 0.25) is 0 Å². The molecule has 1 atom stereocenters. The zero-order valence-corrected chi connectivity index (χ0v) is 14.1. The quantitative estimate of drug-likeness (QED) is 0.600. The highest BCUT2D eigenvalue weighted by atomic mass is 16.3. The van der Waals surface area contributed by atoms with E-state index in [0.717, 1.165) is 16.6 Å². The molecule has 1 heterocycles. The van der Waals surface area contributed by atoms with E-state index in [-0.39, 0.29) is 0 Å². The van der Waals surface area contributed by atoms with Gasteiger partial charge >= 0.3 is 0 Å². The van der Waals surface area contributed by atoms with Crippen LogP contribution >= 0.6 is 0 Å². The summed E-state index contributed by atoms with van der Waals surface area (Å²) in [5.74, 6) is 0.674. The zero-order valence-electron chi connectivity index (χ0n) is 14.1. The highest BCUT2D eigenvalue weighted by molar-refractivity contribution is 5.76. The Labute approximate surface area is 147 Å². The van der Waals surface area contributed by atoms with Crippen molar-refractivity contribution in [3.05, 3.63) is 101 Å². The lowest BCUT2D eigenvalue weighted by Gasteiger charge is -2.14. The molecule has 0 aliphatic rings. The highest BCUT2D eigenvalue weighted by Crippen LogP contribution is 2.26. The molecule has 4 aromatic rings. The average molecular weight is 328 g/mol. The van der Waals surface area contributed by atoms with E-state index in [0.29, 0.717) is 12.4 Å². The van der Waals surface area contributed by atoms with Crippen LogP contribution in [0.3, 0.4) is 0 Å². The number of aromatic nitrogens is 2. The molecule has 124 valence electrons.